The van der Waals surface area contributed by atoms with E-state index in [1.54, 1.807) is 0 Å². The molecule has 1 aromatic carbocycles. The predicted octanol–water partition coefficient (Wildman–Crippen LogP) is 3.28. The van der Waals surface area contributed by atoms with Crippen molar-refractivity contribution in [1.82, 2.24) is 0 Å². The van der Waals surface area contributed by atoms with E-state index in [1.807, 2.05) is 37.3 Å². The average Bonchev–Trinajstić information content (AvgIpc) is 3.41. The normalized spacial score (nSPS) is 25.7. The van der Waals surface area contributed by atoms with Crippen LogP contribution in [0.25, 0.3) is 0 Å². The molecule has 0 bridgehead atoms. The highest BCUT2D eigenvalue weighted by molar-refractivity contribution is 6.09. The smallest absolute Gasteiger partial charge is 0.339 e. The van der Waals surface area contributed by atoms with E-state index in [-0.39, 0.29) is 23.3 Å². The second kappa shape index (κ2) is 8.05. The van der Waals surface area contributed by atoms with Crippen molar-refractivity contribution in [2.75, 3.05) is 13.2 Å². The van der Waals surface area contributed by atoms with E-state index < -0.39 is 29.9 Å². The van der Waals surface area contributed by atoms with Crippen molar-refractivity contribution in [3.05, 3.63) is 47.2 Å². The quantitative estimate of drug-likeness (QED) is 0.724. The molecule has 1 aromatic rings. The van der Waals surface area contributed by atoms with Crippen LogP contribution in [0.4, 0.5) is 0 Å². The number of hydrogen-bond acceptors (Lipinski definition) is 6. The first kappa shape index (κ1) is 19.2. The number of benzene rings is 1. The molecule has 0 amide bonds. The van der Waals surface area contributed by atoms with Gasteiger partial charge in [-0.3, -0.25) is 4.79 Å². The lowest BCUT2D eigenvalue weighted by Crippen LogP contribution is -2.43. The van der Waals surface area contributed by atoms with Crippen molar-refractivity contribution in [1.29, 1.82) is 0 Å². The van der Waals surface area contributed by atoms with Crippen LogP contribution in [0.2, 0.25) is 0 Å². The molecule has 150 valence electrons. The molecule has 0 spiro atoms. The molecule has 1 N–H and O–H groups in total. The molecule has 2 heterocycles. The van der Waals surface area contributed by atoms with Gasteiger partial charge in [0, 0.05) is 18.3 Å². The van der Waals surface area contributed by atoms with Crippen LogP contribution in [0.1, 0.15) is 44.1 Å². The minimum Gasteiger partial charge on any atom is -0.504 e. The molecular weight excluding hydrogens is 360 g/mol. The molecule has 1 saturated carbocycles. The summed E-state index contributed by atoms with van der Waals surface area (Å²) >= 11 is 0. The summed E-state index contributed by atoms with van der Waals surface area (Å²) in [7, 11) is 0. The maximum Gasteiger partial charge on any atom is 0.339 e. The fourth-order valence-corrected chi connectivity index (χ4v) is 4.24. The Morgan fingerprint density at radius 1 is 1.11 bits per heavy atom. The summed E-state index contributed by atoms with van der Waals surface area (Å²) in [5.41, 5.74) is 1.03. The van der Waals surface area contributed by atoms with E-state index in [9.17, 15) is 14.7 Å². The molecule has 3 unspecified atom stereocenters. The summed E-state index contributed by atoms with van der Waals surface area (Å²) in [4.78, 5) is 25.9. The lowest BCUT2D eigenvalue weighted by molar-refractivity contribution is -0.160. The van der Waals surface area contributed by atoms with Gasteiger partial charge in [0.25, 0.3) is 0 Å². The maximum absolute atomic E-state index is 13.0. The van der Waals surface area contributed by atoms with Crippen molar-refractivity contribution < 1.29 is 28.9 Å². The van der Waals surface area contributed by atoms with Gasteiger partial charge in [0.1, 0.15) is 0 Å². The van der Waals surface area contributed by atoms with Gasteiger partial charge in [-0.15, -0.1) is 0 Å². The number of carbonyl (C=O) groups excluding carboxylic acids is 2. The van der Waals surface area contributed by atoms with Gasteiger partial charge in [-0.1, -0.05) is 37.3 Å². The molecule has 2 aliphatic heterocycles. The van der Waals surface area contributed by atoms with Gasteiger partial charge in [-0.2, -0.15) is 0 Å². The molecule has 6 nitrogen and oxygen atoms in total. The van der Waals surface area contributed by atoms with E-state index in [0.29, 0.717) is 26.1 Å². The summed E-state index contributed by atoms with van der Waals surface area (Å²) in [6, 6.07) is 9.56. The zero-order valence-electron chi connectivity index (χ0n) is 16.0. The Hall–Kier alpha value is -2.18. The maximum atomic E-state index is 13.0. The van der Waals surface area contributed by atoms with Crippen LogP contribution in [-0.4, -0.2) is 42.5 Å². The zero-order valence-corrected chi connectivity index (χ0v) is 16.0. The van der Waals surface area contributed by atoms with Gasteiger partial charge in [0.2, 0.25) is 5.78 Å². The number of ether oxygens (including phenoxy) is 3. The number of ketones is 1. The summed E-state index contributed by atoms with van der Waals surface area (Å²) in [6.07, 6.45) is 1.61. The van der Waals surface area contributed by atoms with Gasteiger partial charge in [-0.05, 0) is 30.7 Å². The summed E-state index contributed by atoms with van der Waals surface area (Å²) < 4.78 is 16.6. The number of carbonyl (C=O) groups is 2. The third-order valence-corrected chi connectivity index (χ3v) is 5.90. The molecule has 28 heavy (non-hydrogen) atoms. The molecule has 2 fully saturated rings. The van der Waals surface area contributed by atoms with Gasteiger partial charge >= 0.3 is 5.97 Å². The van der Waals surface area contributed by atoms with Crippen molar-refractivity contribution in [3.8, 4) is 0 Å². The second-order valence-electron chi connectivity index (χ2n) is 7.75. The van der Waals surface area contributed by atoms with Gasteiger partial charge < -0.3 is 19.3 Å². The third-order valence-electron chi connectivity index (χ3n) is 5.90. The molecular formula is C22H26O6. The van der Waals surface area contributed by atoms with Crippen molar-refractivity contribution in [2.24, 2.45) is 11.8 Å². The van der Waals surface area contributed by atoms with Crippen LogP contribution in [0.15, 0.2) is 41.7 Å². The number of Topliss-reactive ketones (excluding diaryl/α,β-unsaturated/α-hetero) is 1. The van der Waals surface area contributed by atoms with Crippen LogP contribution < -0.4 is 0 Å². The Bertz CT molecular complexity index is 760. The summed E-state index contributed by atoms with van der Waals surface area (Å²) in [5.74, 6) is -1.86. The average molecular weight is 386 g/mol. The lowest BCUT2D eigenvalue weighted by atomic mass is 9.82. The molecule has 3 atom stereocenters. The van der Waals surface area contributed by atoms with E-state index in [2.05, 4.69) is 0 Å². The SMILES string of the molecule is CCC(CC1OCCO1)C1OC(=O)C(C(c2ccccc2)C2CC2)=C(O)C1=O. The fraction of sp³-hybridized carbons (Fsp3) is 0.545. The minimum absolute atomic E-state index is 0.109. The van der Waals surface area contributed by atoms with E-state index in [4.69, 9.17) is 14.2 Å². The summed E-state index contributed by atoms with van der Waals surface area (Å²) in [5, 5.41) is 10.8. The number of aliphatic hydroxyl groups is 1. The standard InChI is InChI=1S/C22H26O6/c1-2-13(12-16-26-10-11-27-16)21-20(24)19(23)18(22(25)28-21)17(15-8-9-15)14-6-4-3-5-7-14/h3-7,13,15-17,21,23H,2,8-12H2,1H3. The zero-order chi connectivity index (χ0) is 19.7. The number of aliphatic hydroxyl groups excluding tert-OH is 1. The molecule has 3 aliphatic rings. The van der Waals surface area contributed by atoms with Crippen molar-refractivity contribution in [2.45, 2.75) is 50.9 Å². The second-order valence-corrected chi connectivity index (χ2v) is 7.75. The largest absolute Gasteiger partial charge is 0.504 e. The third kappa shape index (κ3) is 3.71. The Balaban J connectivity index is 1.61. The summed E-state index contributed by atoms with van der Waals surface area (Å²) in [6.45, 7) is 2.97. The Morgan fingerprint density at radius 3 is 2.39 bits per heavy atom. The lowest BCUT2D eigenvalue weighted by Gasteiger charge is -2.32. The topological polar surface area (TPSA) is 82.1 Å². The molecule has 6 heteroatoms. The number of rotatable bonds is 7. The molecule has 1 aliphatic carbocycles. The first-order chi connectivity index (χ1) is 13.6. The highest BCUT2D eigenvalue weighted by Crippen LogP contribution is 2.48. The van der Waals surface area contributed by atoms with E-state index >= 15 is 0 Å². The fourth-order valence-electron chi connectivity index (χ4n) is 4.24. The van der Waals surface area contributed by atoms with Gasteiger partial charge in [0.05, 0.1) is 18.8 Å². The first-order valence-electron chi connectivity index (χ1n) is 10.1. The Morgan fingerprint density at radius 2 is 1.79 bits per heavy atom. The minimum atomic E-state index is -0.996. The van der Waals surface area contributed by atoms with Gasteiger partial charge in [-0.25, -0.2) is 4.79 Å². The van der Waals surface area contributed by atoms with Crippen LogP contribution in [-0.2, 0) is 23.8 Å². The molecule has 0 radical (unpaired) electrons. The monoisotopic (exact) mass is 386 g/mol. The molecule has 4 rings (SSSR count). The van der Waals surface area contributed by atoms with Crippen molar-refractivity contribution >= 4 is 11.8 Å². The molecule has 1 saturated heterocycles. The first-order valence-corrected chi connectivity index (χ1v) is 10.1. The predicted molar refractivity (Wildman–Crippen MR) is 101 cm³/mol. The van der Waals surface area contributed by atoms with E-state index in [0.717, 1.165) is 18.4 Å². The number of cyclic esters (lactones) is 1. The Kier molecular flexibility index (Phi) is 5.51. The van der Waals surface area contributed by atoms with Crippen LogP contribution in [0.5, 0.6) is 0 Å². The van der Waals surface area contributed by atoms with E-state index in [1.165, 1.54) is 0 Å². The van der Waals surface area contributed by atoms with Gasteiger partial charge in [0.15, 0.2) is 18.2 Å². The van der Waals surface area contributed by atoms with Crippen molar-refractivity contribution in [3.63, 3.8) is 0 Å². The highest BCUT2D eigenvalue weighted by atomic mass is 16.7. The molecule has 0 aromatic heterocycles. The van der Waals surface area contributed by atoms with Crippen LogP contribution in [0.3, 0.4) is 0 Å². The van der Waals surface area contributed by atoms with Crippen LogP contribution >= 0.6 is 0 Å². The Labute approximate surface area is 164 Å². The highest BCUT2D eigenvalue weighted by Gasteiger charge is 2.47. The van der Waals surface area contributed by atoms with Crippen LogP contribution in [0, 0.1) is 11.8 Å². The number of hydrogen-bond donors (Lipinski definition) is 1. The number of esters is 1.